The van der Waals surface area contributed by atoms with Gasteiger partial charge in [-0.15, -0.1) is 0 Å². The highest BCUT2D eigenvalue weighted by atomic mass is 16.5. The van der Waals surface area contributed by atoms with Crippen molar-refractivity contribution in [3.05, 3.63) is 24.0 Å². The molecule has 5 nitrogen and oxygen atoms in total. The van der Waals surface area contributed by atoms with Gasteiger partial charge < -0.3 is 19.3 Å². The van der Waals surface area contributed by atoms with Crippen LogP contribution in [0.2, 0.25) is 0 Å². The Hall–Kier alpha value is -1.33. The lowest BCUT2D eigenvalue weighted by atomic mass is 9.95. The Balaban J connectivity index is 2.09. The lowest BCUT2D eigenvalue weighted by molar-refractivity contribution is -0.0111. The molecular weight excluding hydrogens is 244 g/mol. The van der Waals surface area contributed by atoms with Crippen LogP contribution in [0, 0.1) is 0 Å². The maximum Gasteiger partial charge on any atom is 0.270 e. The number of carbonyl (C=O) groups excluding carboxylic acids is 1. The number of piperidine rings is 1. The first kappa shape index (κ1) is 14.1. The van der Waals surface area contributed by atoms with Gasteiger partial charge in [-0.1, -0.05) is 0 Å². The van der Waals surface area contributed by atoms with E-state index in [2.05, 4.69) is 0 Å². The van der Waals surface area contributed by atoms with Crippen LogP contribution in [-0.4, -0.2) is 52.9 Å². The molecule has 1 N–H and O–H groups in total. The van der Waals surface area contributed by atoms with Crippen molar-refractivity contribution in [1.29, 1.82) is 0 Å². The summed E-state index contributed by atoms with van der Waals surface area (Å²) in [5, 5.41) is 10.1. The van der Waals surface area contributed by atoms with Crippen LogP contribution >= 0.6 is 0 Å². The van der Waals surface area contributed by atoms with Crippen molar-refractivity contribution in [1.82, 2.24) is 9.47 Å². The highest BCUT2D eigenvalue weighted by Crippen LogP contribution is 2.22. The molecule has 1 aliphatic heterocycles. The predicted molar refractivity (Wildman–Crippen MR) is 72.1 cm³/mol. The molecule has 0 aliphatic carbocycles. The molecule has 19 heavy (non-hydrogen) atoms. The first-order chi connectivity index (χ1) is 9.03. The quantitative estimate of drug-likeness (QED) is 0.888. The Morgan fingerprint density at radius 2 is 2.37 bits per heavy atom. The molecule has 2 rings (SSSR count). The number of rotatable bonds is 4. The van der Waals surface area contributed by atoms with Crippen LogP contribution in [0.1, 0.15) is 30.3 Å². The van der Waals surface area contributed by atoms with Crippen molar-refractivity contribution in [3.8, 4) is 0 Å². The third kappa shape index (κ3) is 3.36. The van der Waals surface area contributed by atoms with Crippen molar-refractivity contribution >= 4 is 5.91 Å². The number of aliphatic hydroxyl groups is 1. The number of hydrogen-bond donors (Lipinski definition) is 1. The summed E-state index contributed by atoms with van der Waals surface area (Å²) in [7, 11) is 1.65. The van der Waals surface area contributed by atoms with Crippen molar-refractivity contribution in [2.24, 2.45) is 0 Å². The molecule has 0 spiro atoms. The number of nitrogens with zero attached hydrogens (tertiary/aromatic N) is 2. The van der Waals surface area contributed by atoms with E-state index in [4.69, 9.17) is 4.74 Å². The fraction of sp³-hybridized carbons (Fsp3) is 0.643. The monoisotopic (exact) mass is 266 g/mol. The molecule has 1 amide bonds. The van der Waals surface area contributed by atoms with Gasteiger partial charge in [0.05, 0.1) is 12.2 Å². The maximum absolute atomic E-state index is 12.5. The van der Waals surface area contributed by atoms with E-state index in [0.29, 0.717) is 31.9 Å². The fourth-order valence-corrected chi connectivity index (χ4v) is 2.55. The van der Waals surface area contributed by atoms with E-state index in [1.54, 1.807) is 18.9 Å². The Bertz CT molecular complexity index is 440. The van der Waals surface area contributed by atoms with E-state index < -0.39 is 5.60 Å². The van der Waals surface area contributed by atoms with Crippen molar-refractivity contribution < 1.29 is 14.6 Å². The van der Waals surface area contributed by atoms with Crippen LogP contribution < -0.4 is 0 Å². The number of methoxy groups -OCH3 is 1. The molecule has 1 saturated heterocycles. The van der Waals surface area contributed by atoms with Crippen LogP contribution in [0.5, 0.6) is 0 Å². The van der Waals surface area contributed by atoms with E-state index in [0.717, 1.165) is 12.8 Å². The standard InChI is InChI=1S/C14H22N2O3/c1-14(18)6-4-8-16(11-14)13(17)12-5-3-7-15(12)9-10-19-2/h3,5,7,18H,4,6,8-11H2,1-2H3. The third-order valence-corrected chi connectivity index (χ3v) is 3.55. The summed E-state index contributed by atoms with van der Waals surface area (Å²) in [6, 6.07) is 3.69. The summed E-state index contributed by atoms with van der Waals surface area (Å²) < 4.78 is 6.94. The zero-order chi connectivity index (χ0) is 13.9. The van der Waals surface area contributed by atoms with Crippen LogP contribution in [-0.2, 0) is 11.3 Å². The molecule has 2 heterocycles. The molecule has 106 valence electrons. The molecule has 1 aliphatic rings. The van der Waals surface area contributed by atoms with Crippen LogP contribution in [0.3, 0.4) is 0 Å². The lowest BCUT2D eigenvalue weighted by Gasteiger charge is -2.36. The van der Waals surface area contributed by atoms with Gasteiger partial charge >= 0.3 is 0 Å². The number of aromatic nitrogens is 1. The number of ether oxygens (including phenoxy) is 1. The maximum atomic E-state index is 12.5. The van der Waals surface area contributed by atoms with E-state index in [1.165, 1.54) is 0 Å². The molecule has 0 saturated carbocycles. The minimum Gasteiger partial charge on any atom is -0.388 e. The van der Waals surface area contributed by atoms with E-state index in [-0.39, 0.29) is 5.91 Å². The second-order valence-electron chi connectivity index (χ2n) is 5.41. The first-order valence-electron chi connectivity index (χ1n) is 6.69. The predicted octanol–water partition coefficient (Wildman–Crippen LogP) is 1.12. The van der Waals surface area contributed by atoms with Gasteiger partial charge in [0.15, 0.2) is 0 Å². The smallest absolute Gasteiger partial charge is 0.270 e. The van der Waals surface area contributed by atoms with Crippen molar-refractivity contribution in [2.75, 3.05) is 26.8 Å². The Morgan fingerprint density at radius 3 is 3.05 bits per heavy atom. The zero-order valence-electron chi connectivity index (χ0n) is 11.6. The van der Waals surface area contributed by atoms with Gasteiger partial charge in [0.1, 0.15) is 5.69 Å². The average Bonchev–Trinajstić information content (AvgIpc) is 2.82. The number of amides is 1. The second-order valence-corrected chi connectivity index (χ2v) is 5.41. The van der Waals surface area contributed by atoms with Crippen LogP contribution in [0.15, 0.2) is 18.3 Å². The van der Waals surface area contributed by atoms with Gasteiger partial charge in [-0.3, -0.25) is 4.79 Å². The number of likely N-dealkylation sites (tertiary alicyclic amines) is 1. The summed E-state index contributed by atoms with van der Waals surface area (Å²) in [6.45, 7) is 4.14. The third-order valence-electron chi connectivity index (χ3n) is 3.55. The van der Waals surface area contributed by atoms with E-state index in [9.17, 15) is 9.90 Å². The summed E-state index contributed by atoms with van der Waals surface area (Å²) in [6.07, 6.45) is 3.48. The minimum absolute atomic E-state index is 0.0129. The molecule has 1 atom stereocenters. The van der Waals surface area contributed by atoms with E-state index >= 15 is 0 Å². The van der Waals surface area contributed by atoms with Gasteiger partial charge in [-0.25, -0.2) is 0 Å². The largest absolute Gasteiger partial charge is 0.388 e. The summed E-state index contributed by atoms with van der Waals surface area (Å²) in [5.74, 6) is -0.0129. The first-order valence-corrected chi connectivity index (χ1v) is 6.69. The normalized spacial score (nSPS) is 23.6. The second kappa shape index (κ2) is 5.75. The number of carbonyl (C=O) groups is 1. The molecular formula is C14H22N2O3. The SMILES string of the molecule is COCCn1cccc1C(=O)N1CCCC(C)(O)C1. The van der Waals surface area contributed by atoms with Crippen molar-refractivity contribution in [2.45, 2.75) is 31.9 Å². The molecule has 5 heteroatoms. The van der Waals surface area contributed by atoms with Crippen molar-refractivity contribution in [3.63, 3.8) is 0 Å². The summed E-state index contributed by atoms with van der Waals surface area (Å²) >= 11 is 0. The minimum atomic E-state index is -0.766. The molecule has 0 radical (unpaired) electrons. The van der Waals surface area contributed by atoms with Crippen LogP contribution in [0.25, 0.3) is 0 Å². The Kier molecular flexibility index (Phi) is 4.27. The van der Waals surface area contributed by atoms with Crippen LogP contribution in [0.4, 0.5) is 0 Å². The number of hydrogen-bond acceptors (Lipinski definition) is 3. The van der Waals surface area contributed by atoms with Gasteiger partial charge in [0.2, 0.25) is 0 Å². The van der Waals surface area contributed by atoms with Gasteiger partial charge in [0, 0.05) is 32.9 Å². The Labute approximate surface area is 113 Å². The molecule has 0 bridgehead atoms. The number of β-amino-alcohol motifs (C(OH)–C–C–N with tert-alkyl or cyclic N) is 1. The van der Waals surface area contributed by atoms with Gasteiger partial charge in [-0.2, -0.15) is 0 Å². The summed E-state index contributed by atoms with van der Waals surface area (Å²) in [4.78, 5) is 14.2. The molecule has 1 unspecified atom stereocenters. The van der Waals surface area contributed by atoms with E-state index in [1.807, 2.05) is 22.9 Å². The topological polar surface area (TPSA) is 54.7 Å². The molecule has 0 aromatic carbocycles. The Morgan fingerprint density at radius 1 is 1.58 bits per heavy atom. The average molecular weight is 266 g/mol. The molecule has 1 aromatic rings. The fourth-order valence-electron chi connectivity index (χ4n) is 2.55. The van der Waals surface area contributed by atoms with Gasteiger partial charge in [-0.05, 0) is 31.9 Å². The highest BCUT2D eigenvalue weighted by Gasteiger charge is 2.32. The summed E-state index contributed by atoms with van der Waals surface area (Å²) in [5.41, 5.74) is -0.104. The molecule has 1 aromatic heterocycles. The molecule has 1 fully saturated rings. The lowest BCUT2D eigenvalue weighted by Crippen LogP contribution is -2.49. The van der Waals surface area contributed by atoms with Gasteiger partial charge in [0.25, 0.3) is 5.91 Å². The highest BCUT2D eigenvalue weighted by molar-refractivity contribution is 5.92. The zero-order valence-corrected chi connectivity index (χ0v) is 11.6.